The van der Waals surface area contributed by atoms with Crippen molar-refractivity contribution in [2.75, 3.05) is 0 Å². The van der Waals surface area contributed by atoms with Gasteiger partial charge in [-0.1, -0.05) is 62.6 Å². The van der Waals surface area contributed by atoms with Crippen LogP contribution in [0, 0.1) is 0 Å². The minimum atomic E-state index is -1.30. The largest absolute Gasteiger partial charge is 0.298 e. The Kier molecular flexibility index (Phi) is 6.53. The fourth-order valence-corrected chi connectivity index (χ4v) is 6.00. The Hall–Kier alpha value is -0.863. The monoisotopic (exact) mass is 294 g/mol. The molecule has 0 aromatic heterocycles. The average Bonchev–Trinajstić information content (AvgIpc) is 2.44. The molecule has 0 aliphatic rings. The molecule has 0 saturated carbocycles. The van der Waals surface area contributed by atoms with E-state index in [1.807, 2.05) is 30.3 Å². The van der Waals surface area contributed by atoms with Crippen LogP contribution in [-0.4, -0.2) is 14.4 Å². The second kappa shape index (κ2) is 7.66. The molecule has 0 bridgehead atoms. The van der Waals surface area contributed by atoms with Crippen LogP contribution in [0.25, 0.3) is 6.08 Å². The number of halogens is 1. The molecule has 0 radical (unpaired) electrons. The van der Waals surface area contributed by atoms with E-state index in [9.17, 15) is 4.79 Å². The minimum Gasteiger partial charge on any atom is -0.298 e. The Bertz CT molecular complexity index is 442. The van der Waals surface area contributed by atoms with E-state index in [1.54, 1.807) is 0 Å². The van der Waals surface area contributed by atoms with Crippen molar-refractivity contribution in [3.63, 3.8) is 0 Å². The molecule has 0 saturated heterocycles. The van der Waals surface area contributed by atoms with Crippen LogP contribution in [0.4, 0.5) is 0 Å². The molecule has 1 rings (SSSR count). The zero-order chi connectivity index (χ0) is 14.3. The first-order chi connectivity index (χ1) is 9.09. The summed E-state index contributed by atoms with van der Waals surface area (Å²) >= 11 is 5.98. The topological polar surface area (TPSA) is 17.1 Å². The third-order valence-electron chi connectivity index (χ3n) is 4.18. The Balaban J connectivity index is 2.97. The fourth-order valence-electron chi connectivity index (χ4n) is 2.50. The number of benzene rings is 1. The number of rotatable bonds is 7. The zero-order valence-corrected chi connectivity index (χ0v) is 13.8. The molecule has 0 heterocycles. The molecule has 0 fully saturated rings. The summed E-state index contributed by atoms with van der Waals surface area (Å²) in [5, 5.41) is 0.712. The number of carbonyl (C=O) groups excluding carboxylic acids is 1. The van der Waals surface area contributed by atoms with Crippen LogP contribution in [0.1, 0.15) is 26.3 Å². The van der Waals surface area contributed by atoms with Gasteiger partial charge in [-0.15, -0.1) is 0 Å². The van der Waals surface area contributed by atoms with Gasteiger partial charge in [-0.3, -0.25) is 4.79 Å². The van der Waals surface area contributed by atoms with E-state index in [0.717, 1.165) is 23.5 Å². The van der Waals surface area contributed by atoms with Crippen molar-refractivity contribution in [3.8, 4) is 0 Å². The number of carbonyl (C=O) groups is 1. The van der Waals surface area contributed by atoms with Gasteiger partial charge in [-0.25, -0.2) is 0 Å². The van der Waals surface area contributed by atoms with E-state index >= 15 is 0 Å². The van der Waals surface area contributed by atoms with Gasteiger partial charge in [0.2, 0.25) is 0 Å². The molecule has 1 aromatic rings. The minimum absolute atomic E-state index is 0.712. The fraction of sp³-hybridized carbons (Fsp3) is 0.438. The lowest BCUT2D eigenvalue weighted by Gasteiger charge is -2.28. The predicted molar refractivity (Wildman–Crippen MR) is 87.5 cm³/mol. The lowest BCUT2D eigenvalue weighted by Crippen LogP contribution is -2.31. The van der Waals surface area contributed by atoms with E-state index in [-0.39, 0.29) is 0 Å². The summed E-state index contributed by atoms with van der Waals surface area (Å²) < 4.78 is 0. The molecule has 0 atom stereocenters. The zero-order valence-electron chi connectivity index (χ0n) is 12.1. The highest BCUT2D eigenvalue weighted by Crippen LogP contribution is 2.29. The highest BCUT2D eigenvalue weighted by atomic mass is 35.5. The second-order valence-electron chi connectivity index (χ2n) is 5.13. The molecule has 0 N–H and O–H groups in total. The Morgan fingerprint density at radius 2 is 1.84 bits per heavy atom. The summed E-state index contributed by atoms with van der Waals surface area (Å²) in [5.41, 5.74) is 1.93. The van der Waals surface area contributed by atoms with Crippen molar-refractivity contribution in [2.45, 2.75) is 44.9 Å². The molecular weight excluding hydrogens is 272 g/mol. The van der Waals surface area contributed by atoms with Gasteiger partial charge in [0.1, 0.15) is 6.29 Å². The molecule has 1 nitrogen and oxygen atoms in total. The van der Waals surface area contributed by atoms with E-state index in [4.69, 9.17) is 11.6 Å². The lowest BCUT2D eigenvalue weighted by atomic mass is 10.1. The lowest BCUT2D eigenvalue weighted by molar-refractivity contribution is -0.104. The molecule has 0 aliphatic heterocycles. The van der Waals surface area contributed by atoms with Gasteiger partial charge in [-0.2, -0.15) is 0 Å². The summed E-state index contributed by atoms with van der Waals surface area (Å²) in [7, 11) is -1.30. The molecule has 3 heteroatoms. The molecule has 0 spiro atoms. The predicted octanol–water partition coefficient (Wildman–Crippen LogP) is 5.43. The normalized spacial score (nSPS) is 12.5. The standard InChI is InChI=1S/C16H23ClOSi/c1-4-19(5-2,6-3)13-15(12-18)10-14-8-7-9-16(17)11-14/h7-12H,4-6,13H2,1-3H3/b15-10+. The van der Waals surface area contributed by atoms with Gasteiger partial charge < -0.3 is 0 Å². The van der Waals surface area contributed by atoms with Gasteiger partial charge in [0.05, 0.1) is 8.07 Å². The van der Waals surface area contributed by atoms with Gasteiger partial charge in [0, 0.05) is 5.02 Å². The van der Waals surface area contributed by atoms with Crippen molar-refractivity contribution in [3.05, 3.63) is 40.4 Å². The molecular formula is C16H23ClOSi. The van der Waals surface area contributed by atoms with E-state index < -0.39 is 8.07 Å². The summed E-state index contributed by atoms with van der Waals surface area (Å²) in [6.07, 6.45) is 3.01. The van der Waals surface area contributed by atoms with Crippen molar-refractivity contribution < 1.29 is 4.79 Å². The number of hydrogen-bond acceptors (Lipinski definition) is 1. The maximum atomic E-state index is 11.3. The number of aldehydes is 1. The molecule has 0 aliphatic carbocycles. The van der Waals surface area contributed by atoms with Crippen molar-refractivity contribution in [2.24, 2.45) is 0 Å². The first-order valence-corrected chi connectivity index (χ1v) is 10.2. The van der Waals surface area contributed by atoms with E-state index in [1.165, 1.54) is 18.1 Å². The maximum absolute atomic E-state index is 11.3. The summed E-state index contributed by atoms with van der Waals surface area (Å²) in [6.45, 7) is 6.79. The quantitative estimate of drug-likeness (QED) is 0.372. The Labute approximate surface area is 122 Å². The van der Waals surface area contributed by atoms with Crippen molar-refractivity contribution >= 4 is 32.0 Å². The SMILES string of the molecule is CC[Si](CC)(CC)C/C(C=O)=C/c1cccc(Cl)c1. The molecule has 1 aromatic carbocycles. The maximum Gasteiger partial charge on any atom is 0.145 e. The van der Waals surface area contributed by atoms with Crippen LogP contribution in [-0.2, 0) is 4.79 Å². The van der Waals surface area contributed by atoms with Crippen LogP contribution < -0.4 is 0 Å². The smallest absolute Gasteiger partial charge is 0.145 e. The third-order valence-corrected chi connectivity index (χ3v) is 10.1. The van der Waals surface area contributed by atoms with Gasteiger partial charge in [0.25, 0.3) is 0 Å². The van der Waals surface area contributed by atoms with Crippen molar-refractivity contribution in [1.29, 1.82) is 0 Å². The molecule has 0 unspecified atom stereocenters. The Morgan fingerprint density at radius 3 is 2.32 bits per heavy atom. The molecule has 104 valence electrons. The first kappa shape index (κ1) is 16.2. The van der Waals surface area contributed by atoms with E-state index in [2.05, 4.69) is 20.8 Å². The summed E-state index contributed by atoms with van der Waals surface area (Å²) in [5.74, 6) is 0. The van der Waals surface area contributed by atoms with Gasteiger partial charge >= 0.3 is 0 Å². The van der Waals surface area contributed by atoms with Gasteiger partial charge in [-0.05, 0) is 35.4 Å². The highest BCUT2D eigenvalue weighted by Gasteiger charge is 2.27. The average molecular weight is 295 g/mol. The molecule has 19 heavy (non-hydrogen) atoms. The van der Waals surface area contributed by atoms with Gasteiger partial charge in [0.15, 0.2) is 0 Å². The van der Waals surface area contributed by atoms with Crippen LogP contribution in [0.15, 0.2) is 29.8 Å². The summed E-state index contributed by atoms with van der Waals surface area (Å²) in [6, 6.07) is 12.3. The summed E-state index contributed by atoms with van der Waals surface area (Å²) in [4.78, 5) is 11.3. The number of hydrogen-bond donors (Lipinski definition) is 0. The highest BCUT2D eigenvalue weighted by molar-refractivity contribution is 6.80. The third kappa shape index (κ3) is 4.63. The number of allylic oxidation sites excluding steroid dienone is 1. The van der Waals surface area contributed by atoms with Crippen LogP contribution in [0.3, 0.4) is 0 Å². The van der Waals surface area contributed by atoms with E-state index in [0.29, 0.717) is 5.02 Å². The first-order valence-electron chi connectivity index (χ1n) is 7.00. The Morgan fingerprint density at radius 1 is 1.21 bits per heavy atom. The van der Waals surface area contributed by atoms with Crippen molar-refractivity contribution in [1.82, 2.24) is 0 Å². The van der Waals surface area contributed by atoms with Crippen LogP contribution >= 0.6 is 11.6 Å². The van der Waals surface area contributed by atoms with Crippen LogP contribution in [0.2, 0.25) is 29.2 Å². The van der Waals surface area contributed by atoms with Crippen LogP contribution in [0.5, 0.6) is 0 Å². The second-order valence-corrected chi connectivity index (χ2v) is 11.0. The molecule has 0 amide bonds.